The van der Waals surface area contributed by atoms with Crippen LogP contribution < -0.4 is 5.32 Å². The third kappa shape index (κ3) is 8.33. The molecule has 108 valence electrons. The second kappa shape index (κ2) is 8.34. The fraction of sp³-hybridized carbons (Fsp3) is 0.917. The number of nitrogens with one attached hydrogen (secondary N) is 1. The summed E-state index contributed by atoms with van der Waals surface area (Å²) in [4.78, 5) is 12.7. The molecule has 0 aromatic carbocycles. The molecule has 0 heterocycles. The molecule has 0 spiro atoms. The molecule has 1 amide bonds. The Morgan fingerprint density at radius 2 is 1.94 bits per heavy atom. The van der Waals surface area contributed by atoms with Gasteiger partial charge in [0.05, 0.1) is 0 Å². The Kier molecular flexibility index (Phi) is 7.98. The van der Waals surface area contributed by atoms with Crippen LogP contribution in [0.5, 0.6) is 0 Å². The molecule has 0 rings (SSSR count). The Morgan fingerprint density at radius 1 is 1.33 bits per heavy atom. The van der Waals surface area contributed by atoms with Crippen molar-refractivity contribution in [3.63, 3.8) is 0 Å². The number of amides is 1. The summed E-state index contributed by atoms with van der Waals surface area (Å²) in [5.74, 6) is -0.436. The number of alkyl halides is 3. The summed E-state index contributed by atoms with van der Waals surface area (Å²) in [6.07, 6.45) is -2.86. The number of carbonyl (C=O) groups is 1. The van der Waals surface area contributed by atoms with E-state index in [4.69, 9.17) is 0 Å². The van der Waals surface area contributed by atoms with Gasteiger partial charge in [0.1, 0.15) is 6.54 Å². The van der Waals surface area contributed by atoms with Crippen molar-refractivity contribution >= 4 is 5.91 Å². The van der Waals surface area contributed by atoms with Gasteiger partial charge >= 0.3 is 6.18 Å². The van der Waals surface area contributed by atoms with Crippen molar-refractivity contribution in [1.29, 1.82) is 0 Å². The van der Waals surface area contributed by atoms with Crippen LogP contribution in [0.4, 0.5) is 13.2 Å². The molecule has 0 aromatic heterocycles. The van der Waals surface area contributed by atoms with Crippen LogP contribution in [0, 0.1) is 0 Å². The number of rotatable bonds is 8. The summed E-state index contributed by atoms with van der Waals surface area (Å²) in [6.45, 7) is 5.30. The third-order valence-electron chi connectivity index (χ3n) is 2.54. The summed E-state index contributed by atoms with van der Waals surface area (Å²) in [7, 11) is 0. The van der Waals surface area contributed by atoms with Crippen molar-refractivity contribution in [1.82, 2.24) is 10.2 Å². The van der Waals surface area contributed by atoms with E-state index in [0.717, 1.165) is 11.3 Å². The largest absolute Gasteiger partial charge is 0.406 e. The maximum atomic E-state index is 12.4. The van der Waals surface area contributed by atoms with Crippen molar-refractivity contribution in [3.8, 4) is 0 Å². The number of unbranched alkanes of at least 4 members (excludes halogenated alkanes) is 1. The van der Waals surface area contributed by atoms with Crippen molar-refractivity contribution in [2.24, 2.45) is 0 Å². The van der Waals surface area contributed by atoms with E-state index in [9.17, 15) is 18.0 Å². The Bertz CT molecular complexity index is 244. The lowest BCUT2D eigenvalue weighted by molar-refractivity contribution is -0.161. The number of carbonyl (C=O) groups excluding carboxylic acids is 1. The number of hydrogen-bond acceptors (Lipinski definition) is 2. The van der Waals surface area contributed by atoms with Crippen LogP contribution >= 0.6 is 0 Å². The minimum atomic E-state index is -4.33. The molecule has 0 aliphatic heterocycles. The fourth-order valence-corrected chi connectivity index (χ4v) is 1.67. The molecular weight excluding hydrogens is 245 g/mol. The molecular formula is C12H23F3N2O. The van der Waals surface area contributed by atoms with Gasteiger partial charge in [0.15, 0.2) is 0 Å². The summed E-state index contributed by atoms with van der Waals surface area (Å²) in [5, 5.41) is 3.02. The Hall–Kier alpha value is -0.780. The van der Waals surface area contributed by atoms with Gasteiger partial charge in [-0.15, -0.1) is 0 Å². The quantitative estimate of drug-likeness (QED) is 0.734. The minimum absolute atomic E-state index is 0.0974. The highest BCUT2D eigenvalue weighted by atomic mass is 19.4. The molecule has 6 heteroatoms. The SMILES string of the molecule is CCCCN(CC(F)(F)F)C(=O)CC(C)NCC. The van der Waals surface area contributed by atoms with Crippen molar-refractivity contribution in [3.05, 3.63) is 0 Å². The highest BCUT2D eigenvalue weighted by Gasteiger charge is 2.32. The van der Waals surface area contributed by atoms with Crippen LogP contribution in [0.2, 0.25) is 0 Å². The standard InChI is InChI=1S/C12H23F3N2O/c1-4-6-7-17(9-12(13,14)15)11(18)8-10(3)16-5-2/h10,16H,4-9H2,1-3H3. The second-order valence-corrected chi connectivity index (χ2v) is 4.45. The molecule has 0 fully saturated rings. The normalized spacial score (nSPS) is 13.4. The predicted molar refractivity (Wildman–Crippen MR) is 65.3 cm³/mol. The van der Waals surface area contributed by atoms with Gasteiger partial charge in [-0.25, -0.2) is 0 Å². The summed E-state index contributed by atoms with van der Waals surface area (Å²) < 4.78 is 37.1. The van der Waals surface area contributed by atoms with Crippen molar-refractivity contribution in [2.75, 3.05) is 19.6 Å². The van der Waals surface area contributed by atoms with Gasteiger partial charge in [-0.3, -0.25) is 4.79 Å². The molecule has 0 saturated carbocycles. The van der Waals surface area contributed by atoms with Gasteiger partial charge in [0, 0.05) is 19.0 Å². The van der Waals surface area contributed by atoms with Crippen LogP contribution in [0.1, 0.15) is 40.0 Å². The number of nitrogens with zero attached hydrogens (tertiary/aromatic N) is 1. The zero-order valence-electron chi connectivity index (χ0n) is 11.3. The van der Waals surface area contributed by atoms with Gasteiger partial charge < -0.3 is 10.2 Å². The molecule has 18 heavy (non-hydrogen) atoms. The second-order valence-electron chi connectivity index (χ2n) is 4.45. The lowest BCUT2D eigenvalue weighted by Gasteiger charge is -2.25. The van der Waals surface area contributed by atoms with E-state index < -0.39 is 18.6 Å². The molecule has 0 bridgehead atoms. The Labute approximate surface area is 107 Å². The van der Waals surface area contributed by atoms with Gasteiger partial charge in [0.2, 0.25) is 5.91 Å². The first-order valence-electron chi connectivity index (χ1n) is 6.38. The summed E-state index contributed by atoms with van der Waals surface area (Å²) in [5.41, 5.74) is 0. The summed E-state index contributed by atoms with van der Waals surface area (Å²) in [6, 6.07) is -0.0974. The van der Waals surface area contributed by atoms with Crippen LogP contribution in [0.15, 0.2) is 0 Å². The lowest BCUT2D eigenvalue weighted by atomic mass is 10.2. The first-order chi connectivity index (χ1) is 8.30. The van der Waals surface area contributed by atoms with Gasteiger partial charge in [-0.2, -0.15) is 13.2 Å². The smallest absolute Gasteiger partial charge is 0.334 e. The van der Waals surface area contributed by atoms with Crippen LogP contribution in [-0.4, -0.2) is 42.7 Å². The topological polar surface area (TPSA) is 32.3 Å². The molecule has 0 aromatic rings. The van der Waals surface area contributed by atoms with E-state index in [1.165, 1.54) is 0 Å². The molecule has 0 radical (unpaired) electrons. The average molecular weight is 268 g/mol. The van der Waals surface area contributed by atoms with E-state index in [1.54, 1.807) is 6.92 Å². The molecule has 3 nitrogen and oxygen atoms in total. The van der Waals surface area contributed by atoms with Crippen LogP contribution in [0.25, 0.3) is 0 Å². The molecule has 1 unspecified atom stereocenters. The van der Waals surface area contributed by atoms with E-state index in [2.05, 4.69) is 5.32 Å². The van der Waals surface area contributed by atoms with Gasteiger partial charge in [0.25, 0.3) is 0 Å². The van der Waals surface area contributed by atoms with Crippen molar-refractivity contribution < 1.29 is 18.0 Å². The van der Waals surface area contributed by atoms with Gasteiger partial charge in [-0.1, -0.05) is 20.3 Å². The number of halogens is 3. The lowest BCUT2D eigenvalue weighted by Crippen LogP contribution is -2.42. The number of hydrogen-bond donors (Lipinski definition) is 1. The van der Waals surface area contributed by atoms with E-state index in [0.29, 0.717) is 13.0 Å². The Balaban J connectivity index is 4.39. The maximum absolute atomic E-state index is 12.4. The van der Waals surface area contributed by atoms with Gasteiger partial charge in [-0.05, 0) is 19.9 Å². The monoisotopic (exact) mass is 268 g/mol. The highest BCUT2D eigenvalue weighted by Crippen LogP contribution is 2.17. The third-order valence-corrected chi connectivity index (χ3v) is 2.54. The van der Waals surface area contributed by atoms with Crippen LogP contribution in [0.3, 0.4) is 0 Å². The predicted octanol–water partition coefficient (Wildman–Crippen LogP) is 2.57. The Morgan fingerprint density at radius 3 is 2.39 bits per heavy atom. The molecule has 0 saturated heterocycles. The van der Waals surface area contributed by atoms with Crippen LogP contribution in [-0.2, 0) is 4.79 Å². The first kappa shape index (κ1) is 17.2. The first-order valence-corrected chi connectivity index (χ1v) is 6.38. The molecule has 0 aliphatic carbocycles. The van der Waals surface area contributed by atoms with E-state index >= 15 is 0 Å². The minimum Gasteiger partial charge on any atom is -0.334 e. The molecule has 1 N–H and O–H groups in total. The molecule has 0 aliphatic rings. The van der Waals surface area contributed by atoms with Crippen molar-refractivity contribution in [2.45, 2.75) is 52.3 Å². The maximum Gasteiger partial charge on any atom is 0.406 e. The average Bonchev–Trinajstić information content (AvgIpc) is 2.22. The molecule has 1 atom stereocenters. The van der Waals surface area contributed by atoms with E-state index in [1.807, 2.05) is 13.8 Å². The summed E-state index contributed by atoms with van der Waals surface area (Å²) >= 11 is 0. The van der Waals surface area contributed by atoms with E-state index in [-0.39, 0.29) is 19.0 Å². The fourth-order valence-electron chi connectivity index (χ4n) is 1.67. The zero-order chi connectivity index (χ0) is 14.2. The highest BCUT2D eigenvalue weighted by molar-refractivity contribution is 5.76. The zero-order valence-corrected chi connectivity index (χ0v) is 11.3.